The van der Waals surface area contributed by atoms with Crippen LogP contribution in [0.25, 0.3) is 0 Å². The molecule has 1 amide bonds. The Labute approximate surface area is 126 Å². The van der Waals surface area contributed by atoms with Crippen molar-refractivity contribution in [3.63, 3.8) is 0 Å². The maximum Gasteiger partial charge on any atom is 0.228 e. The first-order chi connectivity index (χ1) is 9.58. The SMILES string of the molecule is CCc1cc(Br)ccc1NC(=O)Cc1ccc(F)cc1. The molecule has 2 nitrogen and oxygen atoms in total. The zero-order valence-corrected chi connectivity index (χ0v) is 12.7. The minimum Gasteiger partial charge on any atom is -0.326 e. The van der Waals surface area contributed by atoms with Crippen molar-refractivity contribution < 1.29 is 9.18 Å². The molecule has 0 bridgehead atoms. The number of anilines is 1. The lowest BCUT2D eigenvalue weighted by Gasteiger charge is -2.10. The molecule has 0 aliphatic rings. The van der Waals surface area contributed by atoms with Crippen molar-refractivity contribution in [1.29, 1.82) is 0 Å². The molecule has 20 heavy (non-hydrogen) atoms. The number of nitrogens with one attached hydrogen (secondary N) is 1. The molecule has 2 rings (SSSR count). The molecule has 0 atom stereocenters. The number of hydrogen-bond donors (Lipinski definition) is 1. The zero-order chi connectivity index (χ0) is 14.5. The first-order valence-electron chi connectivity index (χ1n) is 6.41. The van der Waals surface area contributed by atoms with Crippen molar-refractivity contribution in [2.24, 2.45) is 0 Å². The van der Waals surface area contributed by atoms with Crippen molar-refractivity contribution in [3.05, 3.63) is 63.9 Å². The van der Waals surface area contributed by atoms with Crippen LogP contribution in [-0.2, 0) is 17.6 Å². The third kappa shape index (κ3) is 3.90. The number of carbonyl (C=O) groups is 1. The molecule has 0 radical (unpaired) electrons. The number of hydrogen-bond acceptors (Lipinski definition) is 1. The molecular weight excluding hydrogens is 321 g/mol. The van der Waals surface area contributed by atoms with E-state index in [-0.39, 0.29) is 18.1 Å². The molecule has 0 saturated carbocycles. The highest BCUT2D eigenvalue weighted by Crippen LogP contribution is 2.21. The zero-order valence-electron chi connectivity index (χ0n) is 11.1. The van der Waals surface area contributed by atoms with E-state index in [1.807, 2.05) is 25.1 Å². The quantitative estimate of drug-likeness (QED) is 0.885. The summed E-state index contributed by atoms with van der Waals surface area (Å²) in [6.07, 6.45) is 1.07. The fraction of sp³-hybridized carbons (Fsp3) is 0.188. The monoisotopic (exact) mass is 335 g/mol. The molecule has 104 valence electrons. The fourth-order valence-corrected chi connectivity index (χ4v) is 2.37. The summed E-state index contributed by atoms with van der Waals surface area (Å²) in [6.45, 7) is 2.04. The summed E-state index contributed by atoms with van der Waals surface area (Å²) in [7, 11) is 0. The van der Waals surface area contributed by atoms with E-state index in [4.69, 9.17) is 0 Å². The second-order valence-electron chi connectivity index (χ2n) is 4.51. The van der Waals surface area contributed by atoms with Gasteiger partial charge >= 0.3 is 0 Å². The molecule has 0 aliphatic heterocycles. The molecule has 2 aromatic carbocycles. The minimum absolute atomic E-state index is 0.103. The number of amides is 1. The summed E-state index contributed by atoms with van der Waals surface area (Å²) in [5, 5.41) is 2.90. The smallest absolute Gasteiger partial charge is 0.228 e. The first-order valence-corrected chi connectivity index (χ1v) is 7.20. The summed E-state index contributed by atoms with van der Waals surface area (Å²) in [5.74, 6) is -0.399. The van der Waals surface area contributed by atoms with Gasteiger partial charge in [-0.1, -0.05) is 35.0 Å². The summed E-state index contributed by atoms with van der Waals surface area (Å²) < 4.78 is 13.8. The third-order valence-corrected chi connectivity index (χ3v) is 3.49. The van der Waals surface area contributed by atoms with Gasteiger partial charge in [0.15, 0.2) is 0 Å². The Kier molecular flexibility index (Phi) is 4.90. The molecule has 0 fully saturated rings. The minimum atomic E-state index is -0.296. The van der Waals surface area contributed by atoms with Crippen molar-refractivity contribution >= 4 is 27.5 Å². The van der Waals surface area contributed by atoms with Gasteiger partial charge in [0.2, 0.25) is 5.91 Å². The van der Waals surface area contributed by atoms with Gasteiger partial charge in [0.05, 0.1) is 6.42 Å². The molecule has 0 spiro atoms. The van der Waals surface area contributed by atoms with Gasteiger partial charge < -0.3 is 5.32 Å². The van der Waals surface area contributed by atoms with Crippen LogP contribution in [0, 0.1) is 5.82 Å². The highest BCUT2D eigenvalue weighted by molar-refractivity contribution is 9.10. The lowest BCUT2D eigenvalue weighted by molar-refractivity contribution is -0.115. The molecule has 0 aromatic heterocycles. The van der Waals surface area contributed by atoms with Crippen molar-refractivity contribution in [2.45, 2.75) is 19.8 Å². The normalized spacial score (nSPS) is 10.3. The van der Waals surface area contributed by atoms with Crippen molar-refractivity contribution in [2.75, 3.05) is 5.32 Å². The van der Waals surface area contributed by atoms with Gasteiger partial charge in [0.25, 0.3) is 0 Å². The number of aryl methyl sites for hydroxylation is 1. The molecule has 4 heteroatoms. The van der Waals surface area contributed by atoms with Crippen molar-refractivity contribution in [3.8, 4) is 0 Å². The highest BCUT2D eigenvalue weighted by Gasteiger charge is 2.07. The standard InChI is InChI=1S/C16H15BrFNO/c1-2-12-10-13(17)5-8-15(12)19-16(20)9-11-3-6-14(18)7-4-11/h3-8,10H,2,9H2,1H3,(H,19,20). The Bertz CT molecular complexity index is 610. The Morgan fingerprint density at radius 1 is 1.20 bits per heavy atom. The van der Waals surface area contributed by atoms with E-state index in [0.29, 0.717) is 0 Å². The maximum atomic E-state index is 12.8. The summed E-state index contributed by atoms with van der Waals surface area (Å²) in [6, 6.07) is 11.7. The summed E-state index contributed by atoms with van der Waals surface area (Å²) >= 11 is 3.42. The van der Waals surface area contributed by atoms with Gasteiger partial charge in [0, 0.05) is 10.2 Å². The number of halogens is 2. The van der Waals surface area contributed by atoms with Gasteiger partial charge in [-0.2, -0.15) is 0 Å². The Hall–Kier alpha value is -1.68. The lowest BCUT2D eigenvalue weighted by atomic mass is 10.1. The second-order valence-corrected chi connectivity index (χ2v) is 5.42. The molecule has 0 heterocycles. The molecule has 1 N–H and O–H groups in total. The van der Waals surface area contributed by atoms with E-state index in [2.05, 4.69) is 21.2 Å². The van der Waals surface area contributed by atoms with Gasteiger partial charge in [-0.25, -0.2) is 4.39 Å². The van der Waals surface area contributed by atoms with Gasteiger partial charge in [-0.15, -0.1) is 0 Å². The van der Waals surface area contributed by atoms with E-state index in [1.165, 1.54) is 12.1 Å². The predicted octanol–water partition coefficient (Wildman–Crippen LogP) is 4.33. The molecule has 0 unspecified atom stereocenters. The van der Waals surface area contributed by atoms with Gasteiger partial charge in [0.1, 0.15) is 5.82 Å². The number of rotatable bonds is 4. The molecule has 2 aromatic rings. The van der Waals surface area contributed by atoms with E-state index in [0.717, 1.165) is 27.7 Å². The van der Waals surface area contributed by atoms with Crippen LogP contribution in [0.15, 0.2) is 46.9 Å². The van der Waals surface area contributed by atoms with Crippen LogP contribution in [0.5, 0.6) is 0 Å². The van der Waals surface area contributed by atoms with Crippen molar-refractivity contribution in [1.82, 2.24) is 0 Å². The van der Waals surface area contributed by atoms with Crippen LogP contribution >= 0.6 is 15.9 Å². The van der Waals surface area contributed by atoms with Gasteiger partial charge in [-0.3, -0.25) is 4.79 Å². The molecule has 0 saturated heterocycles. The molecule has 0 aliphatic carbocycles. The number of benzene rings is 2. The average molecular weight is 336 g/mol. The summed E-state index contributed by atoms with van der Waals surface area (Å²) in [4.78, 5) is 12.0. The van der Waals surface area contributed by atoms with E-state index in [9.17, 15) is 9.18 Å². The first kappa shape index (κ1) is 14.7. The Balaban J connectivity index is 2.06. The second kappa shape index (κ2) is 6.66. The summed E-state index contributed by atoms with van der Waals surface area (Å²) in [5.41, 5.74) is 2.69. The fourth-order valence-electron chi connectivity index (χ4n) is 1.96. The van der Waals surface area contributed by atoms with Crippen LogP contribution in [0.1, 0.15) is 18.1 Å². The van der Waals surface area contributed by atoms with E-state index >= 15 is 0 Å². The largest absolute Gasteiger partial charge is 0.326 e. The highest BCUT2D eigenvalue weighted by atomic mass is 79.9. The van der Waals surface area contributed by atoms with Crippen LogP contribution < -0.4 is 5.32 Å². The van der Waals surface area contributed by atoms with Crippen LogP contribution in [0.2, 0.25) is 0 Å². The van der Waals surface area contributed by atoms with E-state index in [1.54, 1.807) is 12.1 Å². The predicted molar refractivity (Wildman–Crippen MR) is 82.3 cm³/mol. The van der Waals surface area contributed by atoms with Crippen LogP contribution in [0.4, 0.5) is 10.1 Å². The Morgan fingerprint density at radius 3 is 2.55 bits per heavy atom. The average Bonchev–Trinajstić information content (AvgIpc) is 2.43. The van der Waals surface area contributed by atoms with Crippen LogP contribution in [-0.4, -0.2) is 5.91 Å². The number of carbonyl (C=O) groups excluding carboxylic acids is 1. The maximum absolute atomic E-state index is 12.8. The van der Waals surface area contributed by atoms with Gasteiger partial charge in [-0.05, 0) is 47.9 Å². The topological polar surface area (TPSA) is 29.1 Å². The molecular formula is C16H15BrFNO. The third-order valence-electron chi connectivity index (χ3n) is 3.00. The van der Waals surface area contributed by atoms with Crippen LogP contribution in [0.3, 0.4) is 0 Å². The lowest BCUT2D eigenvalue weighted by Crippen LogP contribution is -2.15. The Morgan fingerprint density at radius 2 is 1.90 bits per heavy atom. The van der Waals surface area contributed by atoms with E-state index < -0.39 is 0 Å².